The van der Waals surface area contributed by atoms with Gasteiger partial charge in [0.25, 0.3) is 0 Å². The van der Waals surface area contributed by atoms with Crippen molar-refractivity contribution in [1.29, 1.82) is 0 Å². The van der Waals surface area contributed by atoms with Crippen LogP contribution in [0.4, 0.5) is 0 Å². The Kier molecular flexibility index (Phi) is 2.72. The van der Waals surface area contributed by atoms with Crippen molar-refractivity contribution < 1.29 is 14.3 Å². The van der Waals surface area contributed by atoms with Crippen LogP contribution in [-0.4, -0.2) is 19.2 Å². The van der Waals surface area contributed by atoms with Gasteiger partial charge in [-0.1, -0.05) is 23.8 Å². The first-order valence-corrected chi connectivity index (χ1v) is 5.49. The Labute approximate surface area is 95.4 Å². The van der Waals surface area contributed by atoms with Gasteiger partial charge < -0.3 is 9.47 Å². The lowest BCUT2D eigenvalue weighted by atomic mass is 9.94. The summed E-state index contributed by atoms with van der Waals surface area (Å²) in [5, 5.41) is 0. The summed E-state index contributed by atoms with van der Waals surface area (Å²) in [4.78, 5) is 11.8. The topological polar surface area (TPSA) is 38.8 Å². The molecule has 0 amide bonds. The van der Waals surface area contributed by atoms with Crippen molar-refractivity contribution in [2.75, 3.05) is 13.2 Å². The second kappa shape index (κ2) is 3.91. The van der Waals surface area contributed by atoms with Crippen molar-refractivity contribution >= 4 is 5.97 Å². The lowest BCUT2D eigenvalue weighted by molar-refractivity contribution is -0.149. The van der Waals surface area contributed by atoms with Crippen LogP contribution in [0.15, 0.2) is 18.2 Å². The summed E-state index contributed by atoms with van der Waals surface area (Å²) < 4.78 is 10.4. The minimum Gasteiger partial charge on any atom is -0.464 e. The molecular formula is C13H16O3. The zero-order valence-corrected chi connectivity index (χ0v) is 9.87. The van der Waals surface area contributed by atoms with E-state index >= 15 is 0 Å². The van der Waals surface area contributed by atoms with E-state index in [4.69, 9.17) is 9.47 Å². The van der Waals surface area contributed by atoms with Crippen molar-refractivity contribution in [1.82, 2.24) is 0 Å². The molecule has 1 fully saturated rings. The average molecular weight is 220 g/mol. The summed E-state index contributed by atoms with van der Waals surface area (Å²) in [6, 6.07) is 6.00. The van der Waals surface area contributed by atoms with Crippen LogP contribution in [0.3, 0.4) is 0 Å². The second-order valence-corrected chi connectivity index (χ2v) is 4.15. The molecule has 0 aromatic heterocycles. The van der Waals surface area contributed by atoms with Crippen molar-refractivity contribution in [3.63, 3.8) is 0 Å². The zero-order chi connectivity index (χ0) is 11.8. The van der Waals surface area contributed by atoms with Gasteiger partial charge in [0.2, 0.25) is 5.60 Å². The van der Waals surface area contributed by atoms with Gasteiger partial charge in [-0.3, -0.25) is 0 Å². The van der Waals surface area contributed by atoms with Gasteiger partial charge in [-0.25, -0.2) is 4.79 Å². The molecule has 1 aromatic rings. The molecule has 0 bridgehead atoms. The maximum atomic E-state index is 11.8. The van der Waals surface area contributed by atoms with Crippen molar-refractivity contribution in [2.45, 2.75) is 26.4 Å². The van der Waals surface area contributed by atoms with Crippen LogP contribution in [0.5, 0.6) is 0 Å². The molecular weight excluding hydrogens is 204 g/mol. The molecule has 1 aliphatic heterocycles. The molecule has 3 heteroatoms. The standard InChI is InChI=1S/C13H16O3/c1-4-15-12(14)13(8-16-13)11-6-5-9(2)7-10(11)3/h5-7H,4,8H2,1-3H3. The third-order valence-electron chi connectivity index (χ3n) is 2.86. The van der Waals surface area contributed by atoms with E-state index in [-0.39, 0.29) is 5.97 Å². The Balaban J connectivity index is 2.33. The predicted octanol–water partition coefficient (Wildman–Crippen LogP) is 2.09. The molecule has 0 N–H and O–H groups in total. The zero-order valence-electron chi connectivity index (χ0n) is 9.87. The predicted molar refractivity (Wildman–Crippen MR) is 60.2 cm³/mol. The molecule has 0 spiro atoms. The molecule has 1 heterocycles. The van der Waals surface area contributed by atoms with E-state index in [2.05, 4.69) is 6.07 Å². The van der Waals surface area contributed by atoms with E-state index in [1.165, 1.54) is 5.56 Å². The van der Waals surface area contributed by atoms with E-state index < -0.39 is 5.60 Å². The summed E-state index contributed by atoms with van der Waals surface area (Å²) in [5.41, 5.74) is 2.36. The SMILES string of the molecule is CCOC(=O)C1(c2ccc(C)cc2C)CO1. The first kappa shape index (κ1) is 11.1. The Morgan fingerprint density at radius 3 is 2.69 bits per heavy atom. The Bertz CT molecular complexity index is 419. The highest BCUT2D eigenvalue weighted by Gasteiger charge is 2.56. The summed E-state index contributed by atoms with van der Waals surface area (Å²) in [5.74, 6) is -0.276. The Morgan fingerprint density at radius 2 is 2.19 bits per heavy atom. The molecule has 0 aliphatic carbocycles. The van der Waals surface area contributed by atoms with Crippen LogP contribution in [0.2, 0.25) is 0 Å². The highest BCUT2D eigenvalue weighted by molar-refractivity contribution is 5.84. The van der Waals surface area contributed by atoms with E-state index in [0.29, 0.717) is 13.2 Å². The lowest BCUT2D eigenvalue weighted by Crippen LogP contribution is -2.25. The van der Waals surface area contributed by atoms with Gasteiger partial charge in [-0.15, -0.1) is 0 Å². The molecule has 0 radical (unpaired) electrons. The summed E-state index contributed by atoms with van der Waals surface area (Å²) in [6.07, 6.45) is 0. The quantitative estimate of drug-likeness (QED) is 0.578. The molecule has 1 aliphatic rings. The third-order valence-corrected chi connectivity index (χ3v) is 2.86. The number of rotatable bonds is 3. The monoisotopic (exact) mass is 220 g/mol. The van der Waals surface area contributed by atoms with Gasteiger partial charge in [0.1, 0.15) is 0 Å². The lowest BCUT2D eigenvalue weighted by Gasteiger charge is -2.14. The molecule has 1 atom stereocenters. The smallest absolute Gasteiger partial charge is 0.345 e. The van der Waals surface area contributed by atoms with E-state index in [0.717, 1.165) is 11.1 Å². The first-order chi connectivity index (χ1) is 7.60. The number of carbonyl (C=O) groups excluding carboxylic acids is 1. The van der Waals surface area contributed by atoms with Gasteiger partial charge in [0, 0.05) is 5.56 Å². The molecule has 1 saturated heterocycles. The van der Waals surface area contributed by atoms with Gasteiger partial charge in [-0.2, -0.15) is 0 Å². The molecule has 3 nitrogen and oxygen atoms in total. The van der Waals surface area contributed by atoms with Crippen LogP contribution in [0.25, 0.3) is 0 Å². The molecule has 86 valence electrons. The number of benzene rings is 1. The second-order valence-electron chi connectivity index (χ2n) is 4.15. The van der Waals surface area contributed by atoms with E-state index in [9.17, 15) is 4.79 Å². The third kappa shape index (κ3) is 1.71. The van der Waals surface area contributed by atoms with Crippen LogP contribution >= 0.6 is 0 Å². The van der Waals surface area contributed by atoms with Crippen molar-refractivity contribution in [3.8, 4) is 0 Å². The number of carbonyl (C=O) groups is 1. The van der Waals surface area contributed by atoms with Gasteiger partial charge in [0.15, 0.2) is 0 Å². The van der Waals surface area contributed by atoms with Crippen LogP contribution in [0.1, 0.15) is 23.6 Å². The van der Waals surface area contributed by atoms with Gasteiger partial charge in [0.05, 0.1) is 13.2 Å². The highest BCUT2D eigenvalue weighted by Crippen LogP contribution is 2.41. The van der Waals surface area contributed by atoms with Crippen molar-refractivity contribution in [2.24, 2.45) is 0 Å². The van der Waals surface area contributed by atoms with Crippen LogP contribution in [0, 0.1) is 13.8 Å². The van der Waals surface area contributed by atoms with Crippen LogP contribution in [-0.2, 0) is 19.9 Å². The highest BCUT2D eigenvalue weighted by atomic mass is 16.6. The largest absolute Gasteiger partial charge is 0.464 e. The maximum Gasteiger partial charge on any atom is 0.345 e. The van der Waals surface area contributed by atoms with Crippen molar-refractivity contribution in [3.05, 3.63) is 34.9 Å². The van der Waals surface area contributed by atoms with E-state index in [1.807, 2.05) is 26.0 Å². The molecule has 0 saturated carbocycles. The minimum absolute atomic E-state index is 0.276. The van der Waals surface area contributed by atoms with E-state index in [1.54, 1.807) is 6.92 Å². The number of esters is 1. The summed E-state index contributed by atoms with van der Waals surface area (Å²) in [6.45, 7) is 6.63. The number of ether oxygens (including phenoxy) is 2. The fourth-order valence-corrected chi connectivity index (χ4v) is 1.97. The van der Waals surface area contributed by atoms with Gasteiger partial charge >= 0.3 is 5.97 Å². The number of epoxide rings is 1. The fourth-order valence-electron chi connectivity index (χ4n) is 1.97. The molecule has 16 heavy (non-hydrogen) atoms. The average Bonchev–Trinajstić information content (AvgIpc) is 2.99. The number of hydrogen-bond donors (Lipinski definition) is 0. The normalized spacial score (nSPS) is 22.9. The number of hydrogen-bond acceptors (Lipinski definition) is 3. The summed E-state index contributed by atoms with van der Waals surface area (Å²) in [7, 11) is 0. The van der Waals surface area contributed by atoms with Gasteiger partial charge in [-0.05, 0) is 26.3 Å². The number of aryl methyl sites for hydroxylation is 2. The fraction of sp³-hybridized carbons (Fsp3) is 0.462. The first-order valence-electron chi connectivity index (χ1n) is 5.49. The maximum absolute atomic E-state index is 11.8. The Morgan fingerprint density at radius 1 is 1.50 bits per heavy atom. The Hall–Kier alpha value is -1.35. The molecule has 1 unspecified atom stereocenters. The van der Waals surface area contributed by atoms with Crippen LogP contribution < -0.4 is 0 Å². The molecule has 2 rings (SSSR count). The molecule has 1 aromatic carbocycles. The minimum atomic E-state index is -0.826. The summed E-state index contributed by atoms with van der Waals surface area (Å²) >= 11 is 0.